The van der Waals surface area contributed by atoms with Crippen LogP contribution in [0.4, 0.5) is 0 Å². The molecule has 2 heterocycles. The standard InChI is InChI=1S/C15H25N3/c1-13-10-15(6-7-16-13)11-17-14(2)12-18-8-4-3-5-9-18/h6-7,10,14,17H,3-5,8-9,11-12H2,1-2H3. The van der Waals surface area contributed by atoms with Gasteiger partial charge in [0, 0.05) is 31.0 Å². The van der Waals surface area contributed by atoms with Gasteiger partial charge in [0.1, 0.15) is 0 Å². The largest absolute Gasteiger partial charge is 0.309 e. The van der Waals surface area contributed by atoms with E-state index in [-0.39, 0.29) is 0 Å². The first-order valence-electron chi connectivity index (χ1n) is 7.11. The van der Waals surface area contributed by atoms with Gasteiger partial charge in [-0.2, -0.15) is 0 Å². The molecule has 1 atom stereocenters. The number of hydrogen-bond acceptors (Lipinski definition) is 3. The van der Waals surface area contributed by atoms with E-state index >= 15 is 0 Å². The fraction of sp³-hybridized carbons (Fsp3) is 0.667. The van der Waals surface area contributed by atoms with E-state index in [1.807, 2.05) is 13.1 Å². The molecular weight excluding hydrogens is 222 g/mol. The van der Waals surface area contributed by atoms with Gasteiger partial charge in [0.25, 0.3) is 0 Å². The third-order valence-corrected chi connectivity index (χ3v) is 3.60. The van der Waals surface area contributed by atoms with Crippen molar-refractivity contribution >= 4 is 0 Å². The number of aromatic nitrogens is 1. The quantitative estimate of drug-likeness (QED) is 0.865. The topological polar surface area (TPSA) is 28.2 Å². The molecule has 3 heteroatoms. The van der Waals surface area contributed by atoms with Crippen molar-refractivity contribution in [1.29, 1.82) is 0 Å². The van der Waals surface area contributed by atoms with Gasteiger partial charge in [0.05, 0.1) is 0 Å². The molecule has 2 rings (SSSR count). The maximum atomic E-state index is 4.22. The summed E-state index contributed by atoms with van der Waals surface area (Å²) in [4.78, 5) is 6.81. The Balaban J connectivity index is 1.72. The van der Waals surface area contributed by atoms with Crippen LogP contribution in [-0.4, -0.2) is 35.6 Å². The van der Waals surface area contributed by atoms with Gasteiger partial charge in [0.2, 0.25) is 0 Å². The van der Waals surface area contributed by atoms with Crippen LogP contribution in [-0.2, 0) is 6.54 Å². The Morgan fingerprint density at radius 1 is 1.33 bits per heavy atom. The number of pyridine rings is 1. The molecular formula is C15H25N3. The van der Waals surface area contributed by atoms with E-state index in [1.165, 1.54) is 44.5 Å². The van der Waals surface area contributed by atoms with Crippen molar-refractivity contribution in [1.82, 2.24) is 15.2 Å². The van der Waals surface area contributed by atoms with E-state index in [4.69, 9.17) is 0 Å². The molecule has 18 heavy (non-hydrogen) atoms. The second kappa shape index (κ2) is 6.86. The lowest BCUT2D eigenvalue weighted by molar-refractivity contribution is 0.209. The summed E-state index contributed by atoms with van der Waals surface area (Å²) >= 11 is 0. The van der Waals surface area contributed by atoms with Gasteiger partial charge in [0.15, 0.2) is 0 Å². The van der Waals surface area contributed by atoms with E-state index in [0.29, 0.717) is 6.04 Å². The normalized spacial score (nSPS) is 18.8. The molecule has 0 amide bonds. The Bertz CT molecular complexity index is 359. The lowest BCUT2D eigenvalue weighted by Gasteiger charge is -2.29. The molecule has 1 aromatic rings. The number of nitrogens with zero attached hydrogens (tertiary/aromatic N) is 2. The zero-order valence-electron chi connectivity index (χ0n) is 11.7. The lowest BCUT2D eigenvalue weighted by atomic mass is 10.1. The second-order valence-corrected chi connectivity index (χ2v) is 5.45. The molecule has 0 spiro atoms. The molecule has 1 unspecified atom stereocenters. The Morgan fingerprint density at radius 2 is 2.11 bits per heavy atom. The monoisotopic (exact) mass is 247 g/mol. The van der Waals surface area contributed by atoms with Crippen LogP contribution in [0.25, 0.3) is 0 Å². The minimum atomic E-state index is 0.552. The summed E-state index contributed by atoms with van der Waals surface area (Å²) in [6.07, 6.45) is 6.04. The Labute approximate surface area is 111 Å². The molecule has 0 aliphatic carbocycles. The molecule has 1 fully saturated rings. The zero-order valence-corrected chi connectivity index (χ0v) is 11.7. The maximum absolute atomic E-state index is 4.22. The zero-order chi connectivity index (χ0) is 12.8. The summed E-state index contributed by atoms with van der Waals surface area (Å²) < 4.78 is 0. The number of aryl methyl sites for hydroxylation is 1. The number of rotatable bonds is 5. The third kappa shape index (κ3) is 4.39. The van der Waals surface area contributed by atoms with Gasteiger partial charge >= 0.3 is 0 Å². The van der Waals surface area contributed by atoms with Crippen molar-refractivity contribution in [3.8, 4) is 0 Å². The van der Waals surface area contributed by atoms with E-state index in [9.17, 15) is 0 Å². The highest BCUT2D eigenvalue weighted by Crippen LogP contribution is 2.09. The molecule has 0 radical (unpaired) electrons. The van der Waals surface area contributed by atoms with Gasteiger partial charge in [-0.1, -0.05) is 6.42 Å². The van der Waals surface area contributed by atoms with Gasteiger partial charge < -0.3 is 10.2 Å². The van der Waals surface area contributed by atoms with Gasteiger partial charge in [-0.25, -0.2) is 0 Å². The first-order chi connectivity index (χ1) is 8.74. The van der Waals surface area contributed by atoms with Crippen LogP contribution < -0.4 is 5.32 Å². The number of hydrogen-bond donors (Lipinski definition) is 1. The fourth-order valence-corrected chi connectivity index (χ4v) is 2.60. The van der Waals surface area contributed by atoms with Gasteiger partial charge in [-0.3, -0.25) is 4.98 Å². The van der Waals surface area contributed by atoms with Crippen LogP contribution in [0.15, 0.2) is 18.3 Å². The molecule has 1 N–H and O–H groups in total. The summed E-state index contributed by atoms with van der Waals surface area (Å²) in [6, 6.07) is 4.80. The van der Waals surface area contributed by atoms with Gasteiger partial charge in [-0.15, -0.1) is 0 Å². The van der Waals surface area contributed by atoms with E-state index < -0.39 is 0 Å². The second-order valence-electron chi connectivity index (χ2n) is 5.45. The van der Waals surface area contributed by atoms with Crippen molar-refractivity contribution < 1.29 is 0 Å². The van der Waals surface area contributed by atoms with E-state index in [1.54, 1.807) is 0 Å². The van der Waals surface area contributed by atoms with Crippen molar-refractivity contribution in [3.63, 3.8) is 0 Å². The summed E-state index contributed by atoms with van der Waals surface area (Å²) in [5.74, 6) is 0. The molecule has 1 saturated heterocycles. The maximum Gasteiger partial charge on any atom is 0.0375 e. The highest BCUT2D eigenvalue weighted by atomic mass is 15.1. The SMILES string of the molecule is Cc1cc(CNC(C)CN2CCCCC2)ccn1. The molecule has 0 aromatic carbocycles. The van der Waals surface area contributed by atoms with Crippen LogP contribution in [0.5, 0.6) is 0 Å². The van der Waals surface area contributed by atoms with Crippen LogP contribution in [0.3, 0.4) is 0 Å². The number of likely N-dealkylation sites (tertiary alicyclic amines) is 1. The Kier molecular flexibility index (Phi) is 5.14. The molecule has 0 saturated carbocycles. The van der Waals surface area contributed by atoms with Crippen molar-refractivity contribution in [2.24, 2.45) is 0 Å². The highest BCUT2D eigenvalue weighted by molar-refractivity contribution is 5.15. The van der Waals surface area contributed by atoms with Crippen molar-refractivity contribution in [3.05, 3.63) is 29.6 Å². The first kappa shape index (κ1) is 13.5. The van der Waals surface area contributed by atoms with E-state index in [2.05, 4.69) is 34.3 Å². The summed E-state index contributed by atoms with van der Waals surface area (Å²) in [5, 5.41) is 3.60. The van der Waals surface area contributed by atoms with Crippen molar-refractivity contribution in [2.75, 3.05) is 19.6 Å². The molecule has 1 aliphatic heterocycles. The number of nitrogens with one attached hydrogen (secondary N) is 1. The van der Waals surface area contributed by atoms with Crippen LogP contribution in [0.1, 0.15) is 37.4 Å². The third-order valence-electron chi connectivity index (χ3n) is 3.60. The molecule has 1 aromatic heterocycles. The Morgan fingerprint density at radius 3 is 2.83 bits per heavy atom. The molecule has 100 valence electrons. The highest BCUT2D eigenvalue weighted by Gasteiger charge is 2.12. The van der Waals surface area contributed by atoms with Crippen LogP contribution in [0.2, 0.25) is 0 Å². The van der Waals surface area contributed by atoms with Crippen molar-refractivity contribution in [2.45, 2.75) is 45.7 Å². The summed E-state index contributed by atoms with van der Waals surface area (Å²) in [7, 11) is 0. The molecule has 1 aliphatic rings. The molecule has 0 bridgehead atoms. The molecule has 3 nitrogen and oxygen atoms in total. The van der Waals surface area contributed by atoms with Gasteiger partial charge in [-0.05, 0) is 57.5 Å². The average Bonchev–Trinajstić information content (AvgIpc) is 2.38. The van der Waals surface area contributed by atoms with E-state index in [0.717, 1.165) is 12.2 Å². The van der Waals surface area contributed by atoms with Crippen LogP contribution >= 0.6 is 0 Å². The lowest BCUT2D eigenvalue weighted by Crippen LogP contribution is -2.41. The smallest absolute Gasteiger partial charge is 0.0375 e. The minimum absolute atomic E-state index is 0.552. The Hall–Kier alpha value is -0.930. The summed E-state index contributed by atoms with van der Waals surface area (Å²) in [5.41, 5.74) is 2.42. The predicted molar refractivity (Wildman–Crippen MR) is 75.6 cm³/mol. The summed E-state index contributed by atoms with van der Waals surface area (Å²) in [6.45, 7) is 8.99. The number of piperidine rings is 1. The fourth-order valence-electron chi connectivity index (χ4n) is 2.60. The average molecular weight is 247 g/mol. The minimum Gasteiger partial charge on any atom is -0.309 e. The first-order valence-corrected chi connectivity index (χ1v) is 7.11. The van der Waals surface area contributed by atoms with Crippen LogP contribution in [0, 0.1) is 6.92 Å². The predicted octanol–water partition coefficient (Wildman–Crippen LogP) is 2.35.